The Labute approximate surface area is 115 Å². The third kappa shape index (κ3) is 2.90. The van der Waals surface area contributed by atoms with E-state index in [0.717, 1.165) is 17.2 Å². The summed E-state index contributed by atoms with van der Waals surface area (Å²) in [6, 6.07) is 1.77. The molecule has 0 amide bonds. The van der Waals surface area contributed by atoms with E-state index in [1.54, 1.807) is 32.3 Å². The van der Waals surface area contributed by atoms with E-state index >= 15 is 0 Å². The standard InChI is InChI=1S/C14H13ClFN3/c1-8(2)13(16)7-17-9(3)12-6-19-14-11(12)4-10(15)5-18-14/h4-7H,3H2,1-2H3,(H,18,19). The third-order valence-corrected chi connectivity index (χ3v) is 2.83. The van der Waals surface area contributed by atoms with E-state index in [2.05, 4.69) is 21.5 Å². The van der Waals surface area contributed by atoms with Gasteiger partial charge in [0.1, 0.15) is 11.5 Å². The second-order valence-corrected chi connectivity index (χ2v) is 4.74. The molecule has 0 saturated heterocycles. The van der Waals surface area contributed by atoms with Gasteiger partial charge >= 0.3 is 0 Å². The third-order valence-electron chi connectivity index (χ3n) is 2.62. The Morgan fingerprint density at radius 1 is 1.53 bits per heavy atom. The van der Waals surface area contributed by atoms with E-state index in [0.29, 0.717) is 21.9 Å². The molecule has 2 rings (SSSR count). The van der Waals surface area contributed by atoms with Crippen molar-refractivity contribution >= 4 is 34.5 Å². The van der Waals surface area contributed by atoms with Crippen LogP contribution in [0.1, 0.15) is 19.4 Å². The monoisotopic (exact) mass is 277 g/mol. The van der Waals surface area contributed by atoms with Crippen LogP contribution in [0, 0.1) is 0 Å². The predicted molar refractivity (Wildman–Crippen MR) is 78.1 cm³/mol. The lowest BCUT2D eigenvalue weighted by Crippen LogP contribution is -1.83. The molecule has 0 saturated carbocycles. The van der Waals surface area contributed by atoms with Crippen molar-refractivity contribution in [3.63, 3.8) is 0 Å². The zero-order chi connectivity index (χ0) is 14.0. The number of hydrogen-bond acceptors (Lipinski definition) is 2. The molecule has 1 N–H and O–H groups in total. The lowest BCUT2D eigenvalue weighted by Gasteiger charge is -1.98. The van der Waals surface area contributed by atoms with E-state index in [1.807, 2.05) is 0 Å². The van der Waals surface area contributed by atoms with Crippen molar-refractivity contribution in [3.05, 3.63) is 47.0 Å². The van der Waals surface area contributed by atoms with Crippen LogP contribution in [0.5, 0.6) is 0 Å². The average molecular weight is 278 g/mol. The minimum absolute atomic E-state index is 0.364. The molecule has 2 aromatic heterocycles. The first-order valence-corrected chi connectivity index (χ1v) is 6.06. The van der Waals surface area contributed by atoms with Gasteiger partial charge in [-0.15, -0.1) is 0 Å². The van der Waals surface area contributed by atoms with Gasteiger partial charge in [0, 0.05) is 23.3 Å². The fourth-order valence-corrected chi connectivity index (χ4v) is 1.71. The summed E-state index contributed by atoms with van der Waals surface area (Å²) in [5.74, 6) is -0.364. The van der Waals surface area contributed by atoms with Crippen LogP contribution >= 0.6 is 11.6 Å². The Kier molecular flexibility index (Phi) is 3.81. The van der Waals surface area contributed by atoms with Crippen LogP contribution in [0.3, 0.4) is 0 Å². The molecular formula is C14H13ClFN3. The van der Waals surface area contributed by atoms with E-state index in [4.69, 9.17) is 11.6 Å². The molecule has 0 atom stereocenters. The van der Waals surface area contributed by atoms with Crippen molar-refractivity contribution in [3.8, 4) is 0 Å². The summed E-state index contributed by atoms with van der Waals surface area (Å²) in [5, 5.41) is 1.34. The Balaban J connectivity index is 2.37. The molecule has 0 radical (unpaired) electrons. The zero-order valence-corrected chi connectivity index (χ0v) is 11.4. The molecule has 5 heteroatoms. The molecule has 19 heavy (non-hydrogen) atoms. The van der Waals surface area contributed by atoms with Gasteiger partial charge in [0.25, 0.3) is 0 Å². The summed E-state index contributed by atoms with van der Waals surface area (Å²) < 4.78 is 13.4. The number of rotatable bonds is 3. The number of allylic oxidation sites excluding steroid dienone is 2. The molecule has 0 fully saturated rings. The van der Waals surface area contributed by atoms with Gasteiger partial charge in [-0.3, -0.25) is 4.99 Å². The topological polar surface area (TPSA) is 41.0 Å². The predicted octanol–water partition coefficient (Wildman–Crippen LogP) is 4.52. The number of hydrogen-bond donors (Lipinski definition) is 1. The maximum Gasteiger partial charge on any atom is 0.140 e. The van der Waals surface area contributed by atoms with Crippen LogP contribution in [0.25, 0.3) is 16.7 Å². The molecule has 0 aliphatic carbocycles. The minimum atomic E-state index is -0.364. The second-order valence-electron chi connectivity index (χ2n) is 4.30. The first kappa shape index (κ1) is 13.5. The summed E-state index contributed by atoms with van der Waals surface area (Å²) in [4.78, 5) is 11.2. The second kappa shape index (κ2) is 5.36. The number of H-pyrrole nitrogens is 1. The van der Waals surface area contributed by atoms with Gasteiger partial charge in [0.05, 0.1) is 16.9 Å². The van der Waals surface area contributed by atoms with Crippen molar-refractivity contribution < 1.29 is 4.39 Å². The molecule has 0 aliphatic rings. The van der Waals surface area contributed by atoms with Gasteiger partial charge in [-0.1, -0.05) is 18.2 Å². The molecule has 0 spiro atoms. The number of aromatic nitrogens is 2. The summed E-state index contributed by atoms with van der Waals surface area (Å²) in [7, 11) is 0. The van der Waals surface area contributed by atoms with Gasteiger partial charge in [-0.2, -0.15) is 0 Å². The number of halogens is 2. The Morgan fingerprint density at radius 3 is 2.95 bits per heavy atom. The van der Waals surface area contributed by atoms with Crippen molar-refractivity contribution in [2.75, 3.05) is 0 Å². The number of aromatic amines is 1. The molecule has 2 aromatic rings. The quantitative estimate of drug-likeness (QED) is 0.823. The van der Waals surface area contributed by atoms with Crippen LogP contribution in [-0.2, 0) is 0 Å². The Bertz CT molecular complexity index is 694. The molecular weight excluding hydrogens is 265 g/mol. The van der Waals surface area contributed by atoms with Gasteiger partial charge in [-0.05, 0) is 25.5 Å². The van der Waals surface area contributed by atoms with Crippen LogP contribution in [0.15, 0.2) is 41.4 Å². The van der Waals surface area contributed by atoms with Crippen LogP contribution in [-0.4, -0.2) is 16.2 Å². The van der Waals surface area contributed by atoms with Crippen LogP contribution in [0.2, 0.25) is 5.02 Å². The summed E-state index contributed by atoms with van der Waals surface area (Å²) >= 11 is 5.91. The lowest BCUT2D eigenvalue weighted by atomic mass is 10.2. The molecule has 0 bridgehead atoms. The summed E-state index contributed by atoms with van der Waals surface area (Å²) in [5.41, 5.74) is 2.47. The minimum Gasteiger partial charge on any atom is -0.345 e. The van der Waals surface area contributed by atoms with Crippen molar-refractivity contribution in [2.45, 2.75) is 13.8 Å². The molecule has 98 valence electrons. The first-order valence-electron chi connectivity index (χ1n) is 5.68. The number of pyridine rings is 1. The molecule has 0 aliphatic heterocycles. The highest BCUT2D eigenvalue weighted by Gasteiger charge is 2.07. The van der Waals surface area contributed by atoms with E-state index in [9.17, 15) is 4.39 Å². The average Bonchev–Trinajstić information content (AvgIpc) is 2.78. The Morgan fingerprint density at radius 2 is 2.26 bits per heavy atom. The smallest absolute Gasteiger partial charge is 0.140 e. The number of nitrogens with one attached hydrogen (secondary N) is 1. The van der Waals surface area contributed by atoms with E-state index in [-0.39, 0.29) is 5.83 Å². The normalized spacial score (nSPS) is 11.2. The maximum absolute atomic E-state index is 13.4. The van der Waals surface area contributed by atoms with Crippen LogP contribution < -0.4 is 0 Å². The van der Waals surface area contributed by atoms with Crippen molar-refractivity contribution in [1.29, 1.82) is 0 Å². The zero-order valence-electron chi connectivity index (χ0n) is 10.7. The van der Waals surface area contributed by atoms with Gasteiger partial charge in [0.15, 0.2) is 0 Å². The highest BCUT2D eigenvalue weighted by Crippen LogP contribution is 2.25. The highest BCUT2D eigenvalue weighted by molar-refractivity contribution is 6.31. The summed E-state index contributed by atoms with van der Waals surface area (Å²) in [6.07, 6.45) is 4.45. The lowest BCUT2D eigenvalue weighted by molar-refractivity contribution is 0.674. The SMILES string of the molecule is C=C(N=CC(F)=C(C)C)c1c[nH]c2ncc(Cl)cc12. The molecule has 0 unspecified atom stereocenters. The maximum atomic E-state index is 13.4. The number of nitrogens with zero attached hydrogens (tertiary/aromatic N) is 2. The van der Waals surface area contributed by atoms with Gasteiger partial charge in [0.2, 0.25) is 0 Å². The van der Waals surface area contributed by atoms with Gasteiger partial charge in [-0.25, -0.2) is 9.37 Å². The molecule has 0 aromatic carbocycles. The fraction of sp³-hybridized carbons (Fsp3) is 0.143. The van der Waals surface area contributed by atoms with Crippen molar-refractivity contribution in [1.82, 2.24) is 9.97 Å². The van der Waals surface area contributed by atoms with Crippen LogP contribution in [0.4, 0.5) is 4.39 Å². The fourth-order valence-electron chi connectivity index (χ4n) is 1.55. The van der Waals surface area contributed by atoms with Crippen molar-refractivity contribution in [2.24, 2.45) is 4.99 Å². The Hall–Kier alpha value is -1.94. The first-order chi connectivity index (χ1) is 8.99. The largest absolute Gasteiger partial charge is 0.345 e. The molecule has 2 heterocycles. The molecule has 3 nitrogen and oxygen atoms in total. The number of aliphatic imine (C=N–C) groups is 1. The van der Waals surface area contributed by atoms with Gasteiger partial charge < -0.3 is 4.98 Å². The number of fused-ring (bicyclic) bond motifs is 1. The van der Waals surface area contributed by atoms with E-state index < -0.39 is 0 Å². The highest BCUT2D eigenvalue weighted by atomic mass is 35.5. The summed E-state index contributed by atoms with van der Waals surface area (Å²) in [6.45, 7) is 7.19. The van der Waals surface area contributed by atoms with E-state index in [1.165, 1.54) is 0 Å².